The van der Waals surface area contributed by atoms with Crippen molar-refractivity contribution in [3.63, 3.8) is 0 Å². The van der Waals surface area contributed by atoms with E-state index in [4.69, 9.17) is 4.55 Å². The van der Waals surface area contributed by atoms with Gasteiger partial charge in [0.2, 0.25) is 0 Å². The molecule has 3 nitrogen and oxygen atoms in total. The molecule has 0 saturated carbocycles. The van der Waals surface area contributed by atoms with Crippen LogP contribution >= 0.6 is 56.9 Å². The minimum Gasteiger partial charge on any atom is -0.282 e. The first-order chi connectivity index (χ1) is 20.4. The van der Waals surface area contributed by atoms with Crippen molar-refractivity contribution in [2.45, 2.75) is 29.4 Å². The summed E-state index contributed by atoms with van der Waals surface area (Å²) in [4.78, 5) is 6.39. The molecule has 0 fully saturated rings. The van der Waals surface area contributed by atoms with Crippen molar-refractivity contribution in [2.24, 2.45) is 0 Å². The Balaban J connectivity index is 0.000000210. The van der Waals surface area contributed by atoms with Crippen molar-refractivity contribution in [2.75, 3.05) is 18.8 Å². The molecule has 0 aliphatic heterocycles. The molecule has 1 N–H and O–H groups in total. The molecule has 220 valence electrons. The highest BCUT2D eigenvalue weighted by atomic mass is 33.1. The quantitative estimate of drug-likeness (QED) is 0.104. The van der Waals surface area contributed by atoms with E-state index < -0.39 is 10.1 Å². The third kappa shape index (κ3) is 15.8. The van der Waals surface area contributed by atoms with Gasteiger partial charge in [0.25, 0.3) is 10.1 Å². The van der Waals surface area contributed by atoms with Gasteiger partial charge in [-0.2, -0.15) is 8.42 Å². The van der Waals surface area contributed by atoms with E-state index in [2.05, 4.69) is 116 Å². The second kappa shape index (κ2) is 21.4. The van der Waals surface area contributed by atoms with Crippen molar-refractivity contribution in [1.29, 1.82) is 0 Å². The van der Waals surface area contributed by atoms with Gasteiger partial charge in [0.1, 0.15) is 0 Å². The third-order valence-electron chi connectivity index (χ3n) is 4.97. The lowest BCUT2D eigenvalue weighted by Gasteiger charge is -2.02. The average Bonchev–Trinajstić information content (AvgIpc) is 3.04. The predicted molar refractivity (Wildman–Crippen MR) is 189 cm³/mol. The van der Waals surface area contributed by atoms with Crippen LogP contribution in [0.5, 0.6) is 0 Å². The summed E-state index contributed by atoms with van der Waals surface area (Å²) in [6, 6.07) is 47.3. The van der Waals surface area contributed by atoms with Crippen LogP contribution in [0.25, 0.3) is 0 Å². The van der Waals surface area contributed by atoms with Crippen LogP contribution in [0.15, 0.2) is 175 Å². The first kappa shape index (κ1) is 36.0. The van der Waals surface area contributed by atoms with Gasteiger partial charge in [-0.1, -0.05) is 118 Å². The fraction of sp³-hybridized carbons (Fsp3) is 0.0909. The molecule has 0 bridgehead atoms. The molecule has 0 heterocycles. The Hall–Kier alpha value is -2.24. The molecule has 0 amide bonds. The minimum atomic E-state index is -4.00. The monoisotopic (exact) mass is 670 g/mol. The molecule has 42 heavy (non-hydrogen) atoms. The maximum absolute atomic E-state index is 10.4. The van der Waals surface area contributed by atoms with Crippen LogP contribution < -0.4 is 0 Å². The molecule has 9 heteroatoms. The zero-order valence-corrected chi connectivity index (χ0v) is 28.5. The Kier molecular flexibility index (Phi) is 18.4. The average molecular weight is 671 g/mol. The second-order valence-electron chi connectivity index (χ2n) is 7.94. The van der Waals surface area contributed by atoms with Crippen molar-refractivity contribution in [3.05, 3.63) is 146 Å². The lowest BCUT2D eigenvalue weighted by molar-refractivity contribution is 0.483. The van der Waals surface area contributed by atoms with Gasteiger partial charge in [-0.25, -0.2) is 0 Å². The van der Waals surface area contributed by atoms with Crippen molar-refractivity contribution in [3.8, 4) is 0 Å². The zero-order valence-electron chi connectivity index (χ0n) is 23.6. The van der Waals surface area contributed by atoms with E-state index in [1.54, 1.807) is 75.1 Å². The van der Waals surface area contributed by atoms with Gasteiger partial charge >= 0.3 is 0 Å². The summed E-state index contributed by atoms with van der Waals surface area (Å²) in [5.41, 5.74) is 0. The van der Waals surface area contributed by atoms with E-state index in [9.17, 15) is 8.42 Å². The van der Waals surface area contributed by atoms with Gasteiger partial charge in [0, 0.05) is 24.5 Å². The highest BCUT2D eigenvalue weighted by Crippen LogP contribution is 2.29. The maximum atomic E-state index is 10.4. The number of thioether (sulfide) groups is 1. The zero-order chi connectivity index (χ0) is 30.5. The van der Waals surface area contributed by atoms with E-state index in [0.717, 1.165) is 0 Å². The van der Waals surface area contributed by atoms with Crippen LogP contribution in [0, 0.1) is 0 Å². The molecule has 0 aromatic heterocycles. The molecule has 0 aliphatic rings. The highest BCUT2D eigenvalue weighted by molar-refractivity contribution is 8.76. The smallest absolute Gasteiger partial charge is 0.282 e. The Morgan fingerprint density at radius 2 is 0.714 bits per heavy atom. The molecule has 0 radical (unpaired) electrons. The van der Waals surface area contributed by atoms with Gasteiger partial charge in [-0.3, -0.25) is 4.55 Å². The summed E-state index contributed by atoms with van der Waals surface area (Å²) < 4.78 is 29.2. The lowest BCUT2D eigenvalue weighted by atomic mass is 10.4. The number of benzene rings is 5. The number of hydrogen-bond donors (Lipinski definition) is 1. The molecule has 0 aliphatic carbocycles. The summed E-state index contributed by atoms with van der Waals surface area (Å²) in [5, 5.41) is 0. The van der Waals surface area contributed by atoms with E-state index >= 15 is 0 Å². The van der Waals surface area contributed by atoms with Gasteiger partial charge in [-0.15, -0.1) is 11.8 Å². The third-order valence-corrected chi connectivity index (χ3v) is 9.94. The van der Waals surface area contributed by atoms with E-state index in [0.29, 0.717) is 0 Å². The van der Waals surface area contributed by atoms with E-state index in [1.807, 2.05) is 18.2 Å². The molecule has 5 aromatic carbocycles. The molecular weight excluding hydrogens is 637 g/mol. The largest absolute Gasteiger partial charge is 0.294 e. The Morgan fingerprint density at radius 3 is 0.976 bits per heavy atom. The summed E-state index contributed by atoms with van der Waals surface area (Å²) in [6.07, 6.45) is 6.22. The first-order valence-corrected chi connectivity index (χ1v) is 19.9. The summed E-state index contributed by atoms with van der Waals surface area (Å²) in [5.74, 6) is 0. The SMILES string of the molecule is CSSC.CSc1ccc(Sc2ccccc2)cc1.O=S(=O)(O)c1ccccc1.c1ccc(Sc2ccccc2)cc1. The van der Waals surface area contributed by atoms with Crippen LogP contribution in [0.4, 0.5) is 0 Å². The van der Waals surface area contributed by atoms with Crippen LogP contribution in [-0.2, 0) is 10.1 Å². The number of rotatable bonds is 7. The fourth-order valence-electron chi connectivity index (χ4n) is 2.97. The molecular formula is C33H34O3S6. The van der Waals surface area contributed by atoms with Crippen molar-refractivity contribution >= 4 is 67.0 Å². The molecule has 0 atom stereocenters. The molecule has 0 spiro atoms. The van der Waals surface area contributed by atoms with Gasteiger partial charge in [0.15, 0.2) is 0 Å². The Morgan fingerprint density at radius 1 is 0.429 bits per heavy atom. The first-order valence-electron chi connectivity index (χ1n) is 12.6. The summed E-state index contributed by atoms with van der Waals surface area (Å²) in [7, 11) is -0.457. The Bertz CT molecular complexity index is 1430. The van der Waals surface area contributed by atoms with E-state index in [1.165, 1.54) is 36.6 Å². The van der Waals surface area contributed by atoms with Gasteiger partial charge in [0.05, 0.1) is 4.90 Å². The molecule has 0 saturated heterocycles. The molecule has 5 aromatic rings. The second-order valence-corrected chi connectivity index (χ2v) is 15.2. The lowest BCUT2D eigenvalue weighted by Crippen LogP contribution is -1.96. The predicted octanol–water partition coefficient (Wildman–Crippen LogP) is 11.0. The highest BCUT2D eigenvalue weighted by Gasteiger charge is 2.05. The Labute approximate surface area is 271 Å². The minimum absolute atomic E-state index is 0.0741. The van der Waals surface area contributed by atoms with Crippen molar-refractivity contribution in [1.82, 2.24) is 0 Å². The van der Waals surface area contributed by atoms with Crippen LogP contribution in [-0.4, -0.2) is 31.7 Å². The fourth-order valence-corrected chi connectivity index (χ4v) is 5.58. The van der Waals surface area contributed by atoms with Crippen LogP contribution in [0.1, 0.15) is 0 Å². The summed E-state index contributed by atoms with van der Waals surface area (Å²) in [6.45, 7) is 0. The standard InChI is InChI=1S/C13H12S2.C12H10S.C6H6O3S.C2H6S2/c1-14-11-7-9-13(10-8-11)15-12-5-3-2-4-6-12;1-3-7-11(8-4-1)13-12-9-5-2-6-10-12;7-10(8,9)6-4-2-1-3-5-6;1-3-4-2/h2-10H,1H3;1-10H;1-5H,(H,7,8,9);1-2H3. The molecule has 0 unspecified atom stereocenters. The summed E-state index contributed by atoms with van der Waals surface area (Å²) >= 11 is 5.36. The normalized spacial score (nSPS) is 10.1. The van der Waals surface area contributed by atoms with Crippen molar-refractivity contribution < 1.29 is 13.0 Å². The van der Waals surface area contributed by atoms with Crippen LogP contribution in [0.2, 0.25) is 0 Å². The van der Waals surface area contributed by atoms with Crippen LogP contribution in [0.3, 0.4) is 0 Å². The van der Waals surface area contributed by atoms with Gasteiger partial charge in [-0.05, 0) is 91.6 Å². The topological polar surface area (TPSA) is 54.4 Å². The molecule has 5 rings (SSSR count). The maximum Gasteiger partial charge on any atom is 0.294 e. The van der Waals surface area contributed by atoms with Gasteiger partial charge < -0.3 is 0 Å². The number of hydrogen-bond acceptors (Lipinski definition) is 7. The van der Waals surface area contributed by atoms with E-state index in [-0.39, 0.29) is 4.90 Å².